The van der Waals surface area contributed by atoms with Crippen molar-refractivity contribution in [3.63, 3.8) is 0 Å². The molecule has 0 radical (unpaired) electrons. The number of carbonyl (C=O) groups is 1. The molecule has 1 aliphatic rings. The Labute approximate surface area is 165 Å². The van der Waals surface area contributed by atoms with Crippen molar-refractivity contribution in [1.29, 1.82) is 0 Å². The van der Waals surface area contributed by atoms with Crippen LogP contribution in [0.5, 0.6) is 0 Å². The molecule has 1 aliphatic heterocycles. The fourth-order valence-electron chi connectivity index (χ4n) is 4.00. The Balaban J connectivity index is 1.78. The quantitative estimate of drug-likeness (QED) is 0.610. The summed E-state index contributed by atoms with van der Waals surface area (Å²) in [6.45, 7) is 4.12. The number of hydrogen-bond acceptors (Lipinski definition) is 4. The number of amides is 1. The maximum Gasteiger partial charge on any atom is 0.273 e. The Morgan fingerprint density at radius 2 is 1.89 bits per heavy atom. The van der Waals surface area contributed by atoms with Crippen LogP contribution in [0.4, 0.5) is 5.69 Å². The molecule has 150 valence electrons. The molecule has 0 spiro atoms. The van der Waals surface area contributed by atoms with E-state index in [1.807, 2.05) is 19.3 Å². The van der Waals surface area contributed by atoms with E-state index in [4.69, 9.17) is 0 Å². The van der Waals surface area contributed by atoms with Crippen LogP contribution in [0.15, 0.2) is 36.5 Å². The number of nitro groups is 1. The molecule has 0 aliphatic carbocycles. The summed E-state index contributed by atoms with van der Waals surface area (Å²) < 4.78 is 2.10. The topological polar surface area (TPSA) is 80.4 Å². The summed E-state index contributed by atoms with van der Waals surface area (Å²) in [4.78, 5) is 25.9. The van der Waals surface area contributed by atoms with Gasteiger partial charge in [-0.25, -0.2) is 0 Å². The molecule has 1 N–H and O–H groups in total. The zero-order valence-electron chi connectivity index (χ0n) is 16.6. The zero-order valence-corrected chi connectivity index (χ0v) is 16.6. The van der Waals surface area contributed by atoms with Gasteiger partial charge in [0.25, 0.3) is 11.6 Å². The van der Waals surface area contributed by atoms with Crippen LogP contribution in [0.2, 0.25) is 0 Å². The summed E-state index contributed by atoms with van der Waals surface area (Å²) in [6.07, 6.45) is 6.84. The highest BCUT2D eigenvalue weighted by Gasteiger charge is 2.25. The highest BCUT2D eigenvalue weighted by molar-refractivity contribution is 5.96. The van der Waals surface area contributed by atoms with Gasteiger partial charge in [-0.05, 0) is 51.1 Å². The highest BCUT2D eigenvalue weighted by Crippen LogP contribution is 2.25. The van der Waals surface area contributed by atoms with E-state index in [-0.39, 0.29) is 17.6 Å². The van der Waals surface area contributed by atoms with E-state index in [9.17, 15) is 14.9 Å². The van der Waals surface area contributed by atoms with Gasteiger partial charge in [0.05, 0.1) is 11.0 Å². The average Bonchev–Trinajstić information content (AvgIpc) is 2.92. The van der Waals surface area contributed by atoms with Gasteiger partial charge >= 0.3 is 0 Å². The first-order valence-corrected chi connectivity index (χ1v) is 9.86. The van der Waals surface area contributed by atoms with Crippen LogP contribution in [0, 0.1) is 17.0 Å². The Morgan fingerprint density at radius 3 is 2.50 bits per heavy atom. The van der Waals surface area contributed by atoms with Crippen LogP contribution in [0.1, 0.15) is 53.3 Å². The normalized spacial score (nSPS) is 16.4. The van der Waals surface area contributed by atoms with Gasteiger partial charge in [0.2, 0.25) is 0 Å². The number of nitro benzene ring substituents is 1. The molecule has 1 atom stereocenters. The van der Waals surface area contributed by atoms with Crippen molar-refractivity contribution in [1.82, 2.24) is 14.8 Å². The van der Waals surface area contributed by atoms with Crippen LogP contribution in [0.25, 0.3) is 0 Å². The molecular weight excluding hydrogens is 356 g/mol. The Hall–Kier alpha value is -2.67. The van der Waals surface area contributed by atoms with Crippen LogP contribution in [-0.2, 0) is 7.05 Å². The summed E-state index contributed by atoms with van der Waals surface area (Å²) in [5, 5.41) is 14.2. The number of nitrogens with one attached hydrogen (secondary N) is 1. The standard InChI is InChI=1S/C21H28N4O3/c1-16-17(9-7-10-18(16)25(27)28)21(26)22-15-20(19-11-8-12-23(19)2)24-13-5-3-4-6-14-24/h7-12,20H,3-6,13-15H2,1-2H3,(H,22,26). The number of likely N-dealkylation sites (tertiary alicyclic amines) is 1. The van der Waals surface area contributed by atoms with Crippen LogP contribution in [0.3, 0.4) is 0 Å². The van der Waals surface area contributed by atoms with E-state index in [1.54, 1.807) is 19.1 Å². The Morgan fingerprint density at radius 1 is 1.18 bits per heavy atom. The smallest absolute Gasteiger partial charge is 0.273 e. The van der Waals surface area contributed by atoms with Crippen LogP contribution in [-0.4, -0.2) is 39.9 Å². The van der Waals surface area contributed by atoms with Gasteiger partial charge in [-0.1, -0.05) is 18.9 Å². The van der Waals surface area contributed by atoms with Gasteiger partial charge in [-0.15, -0.1) is 0 Å². The SMILES string of the molecule is Cc1c(C(=O)NCC(c2cccn2C)N2CCCCCC2)cccc1[N+](=O)[O-]. The van der Waals surface area contributed by atoms with Gasteiger partial charge < -0.3 is 9.88 Å². The fraction of sp³-hybridized carbons (Fsp3) is 0.476. The lowest BCUT2D eigenvalue weighted by Crippen LogP contribution is -2.39. The first-order chi connectivity index (χ1) is 13.5. The first kappa shape index (κ1) is 20.1. The summed E-state index contributed by atoms with van der Waals surface area (Å²) >= 11 is 0. The van der Waals surface area contributed by atoms with E-state index in [1.165, 1.54) is 31.7 Å². The molecule has 7 heteroatoms. The summed E-state index contributed by atoms with van der Waals surface area (Å²) in [5.74, 6) is -0.268. The second kappa shape index (κ2) is 9.01. The van der Waals surface area contributed by atoms with Crippen molar-refractivity contribution in [2.45, 2.75) is 38.6 Å². The second-order valence-corrected chi connectivity index (χ2v) is 7.43. The van der Waals surface area contributed by atoms with Crippen molar-refractivity contribution in [2.75, 3.05) is 19.6 Å². The third-order valence-corrected chi connectivity index (χ3v) is 5.61. The molecule has 2 heterocycles. The van der Waals surface area contributed by atoms with Crippen molar-refractivity contribution in [3.8, 4) is 0 Å². The summed E-state index contributed by atoms with van der Waals surface area (Å²) in [7, 11) is 2.02. The number of carbonyl (C=O) groups excluding carboxylic acids is 1. The minimum Gasteiger partial charge on any atom is -0.353 e. The monoisotopic (exact) mass is 384 g/mol. The number of aromatic nitrogens is 1. The molecule has 1 saturated heterocycles. The van der Waals surface area contributed by atoms with E-state index in [2.05, 4.69) is 20.9 Å². The molecule has 2 aromatic rings. The first-order valence-electron chi connectivity index (χ1n) is 9.86. The summed E-state index contributed by atoms with van der Waals surface area (Å²) in [5.41, 5.74) is 1.89. The Kier molecular flexibility index (Phi) is 6.46. The third kappa shape index (κ3) is 4.42. The molecule has 1 fully saturated rings. The van der Waals surface area contributed by atoms with E-state index < -0.39 is 4.92 Å². The lowest BCUT2D eigenvalue weighted by molar-refractivity contribution is -0.385. The van der Waals surface area contributed by atoms with Crippen LogP contribution >= 0.6 is 0 Å². The number of aryl methyl sites for hydroxylation is 1. The average molecular weight is 384 g/mol. The minimum absolute atomic E-state index is 0.0286. The zero-order chi connectivity index (χ0) is 20.1. The predicted octanol–water partition coefficient (Wildman–Crippen LogP) is 3.59. The second-order valence-electron chi connectivity index (χ2n) is 7.43. The Bertz CT molecular complexity index is 838. The lowest BCUT2D eigenvalue weighted by atomic mass is 10.1. The van der Waals surface area contributed by atoms with Crippen LogP contribution < -0.4 is 5.32 Å². The molecule has 1 aromatic carbocycles. The van der Waals surface area contributed by atoms with Gasteiger partial charge in [0, 0.05) is 42.7 Å². The molecule has 3 rings (SSSR count). The molecule has 1 unspecified atom stereocenters. The predicted molar refractivity (Wildman–Crippen MR) is 108 cm³/mol. The van der Waals surface area contributed by atoms with Crippen molar-refractivity contribution >= 4 is 11.6 Å². The maximum atomic E-state index is 12.8. The largest absolute Gasteiger partial charge is 0.353 e. The van der Waals surface area contributed by atoms with Gasteiger partial charge in [-0.2, -0.15) is 0 Å². The summed E-state index contributed by atoms with van der Waals surface area (Å²) in [6, 6.07) is 8.83. The van der Waals surface area contributed by atoms with Crippen molar-refractivity contribution in [2.24, 2.45) is 7.05 Å². The minimum atomic E-state index is -0.448. The van der Waals surface area contributed by atoms with E-state index in [0.29, 0.717) is 17.7 Å². The molecule has 0 bridgehead atoms. The molecule has 28 heavy (non-hydrogen) atoms. The molecule has 0 saturated carbocycles. The van der Waals surface area contributed by atoms with Gasteiger partial charge in [-0.3, -0.25) is 19.8 Å². The number of benzene rings is 1. The number of rotatable bonds is 6. The molecular formula is C21H28N4O3. The van der Waals surface area contributed by atoms with Crippen molar-refractivity contribution in [3.05, 3.63) is 63.5 Å². The highest BCUT2D eigenvalue weighted by atomic mass is 16.6. The molecule has 7 nitrogen and oxygen atoms in total. The molecule has 1 aromatic heterocycles. The van der Waals surface area contributed by atoms with Gasteiger partial charge in [0.1, 0.15) is 0 Å². The van der Waals surface area contributed by atoms with Gasteiger partial charge in [0.15, 0.2) is 0 Å². The van der Waals surface area contributed by atoms with E-state index in [0.717, 1.165) is 18.8 Å². The molecule has 1 amide bonds. The fourth-order valence-corrected chi connectivity index (χ4v) is 4.00. The third-order valence-electron chi connectivity index (χ3n) is 5.61. The number of nitrogens with zero attached hydrogens (tertiary/aromatic N) is 3. The van der Waals surface area contributed by atoms with Crippen molar-refractivity contribution < 1.29 is 9.72 Å². The number of hydrogen-bond donors (Lipinski definition) is 1. The lowest BCUT2D eigenvalue weighted by Gasteiger charge is -2.31. The van der Waals surface area contributed by atoms with E-state index >= 15 is 0 Å². The maximum absolute atomic E-state index is 12.8.